The van der Waals surface area contributed by atoms with E-state index in [0.29, 0.717) is 16.2 Å². The summed E-state index contributed by atoms with van der Waals surface area (Å²) in [6.45, 7) is 0. The minimum Gasteiger partial charge on any atom is -0.278 e. The number of hydrogen-bond acceptors (Lipinski definition) is 3. The number of para-hydroxylation sites is 1. The van der Waals surface area contributed by atoms with Crippen molar-refractivity contribution in [2.24, 2.45) is 0 Å². The summed E-state index contributed by atoms with van der Waals surface area (Å²) in [5.41, 5.74) is 0.980. The van der Waals surface area contributed by atoms with Gasteiger partial charge in [-0.3, -0.25) is 15.1 Å². The lowest BCUT2D eigenvalue weighted by Gasteiger charge is -2.13. The van der Waals surface area contributed by atoms with Gasteiger partial charge in [0.1, 0.15) is 5.82 Å². The van der Waals surface area contributed by atoms with Crippen LogP contribution >= 0.6 is 11.8 Å². The number of thioether (sulfide) groups is 1. The molecule has 0 aliphatic carbocycles. The lowest BCUT2D eigenvalue weighted by molar-refractivity contribution is -0.113. The predicted molar refractivity (Wildman–Crippen MR) is 83.6 cm³/mol. The van der Waals surface area contributed by atoms with Gasteiger partial charge in [0.05, 0.1) is 10.6 Å². The number of halogens is 1. The molecule has 0 aromatic heterocycles. The average molecular weight is 298 g/mol. The van der Waals surface area contributed by atoms with Gasteiger partial charge in [0, 0.05) is 5.56 Å². The van der Waals surface area contributed by atoms with E-state index >= 15 is 0 Å². The normalized spacial score (nSPS) is 16.8. The Hall–Kier alpha value is -2.40. The van der Waals surface area contributed by atoms with E-state index in [9.17, 15) is 9.18 Å². The molecule has 0 spiro atoms. The summed E-state index contributed by atoms with van der Waals surface area (Å²) in [6.07, 6.45) is 1.49. The topological polar surface area (TPSA) is 44.2 Å². The highest BCUT2D eigenvalue weighted by atomic mass is 32.2. The van der Waals surface area contributed by atoms with Crippen molar-refractivity contribution in [3.8, 4) is 0 Å². The Morgan fingerprint density at radius 3 is 2.43 bits per heavy atom. The zero-order valence-electron chi connectivity index (χ0n) is 10.9. The molecule has 1 N–H and O–H groups in total. The fourth-order valence-corrected chi connectivity index (χ4v) is 2.88. The number of hydrogen-bond donors (Lipinski definition) is 1. The second-order valence-corrected chi connectivity index (χ2v) is 5.44. The van der Waals surface area contributed by atoms with Crippen LogP contribution < -0.4 is 4.90 Å². The average Bonchev–Trinajstić information content (AvgIpc) is 2.77. The molecular weight excluding hydrogens is 287 g/mol. The summed E-state index contributed by atoms with van der Waals surface area (Å²) in [4.78, 5) is 14.1. The summed E-state index contributed by atoms with van der Waals surface area (Å²) in [7, 11) is 0. The number of amides is 1. The number of nitrogens with zero attached hydrogens (tertiary/aromatic N) is 1. The molecule has 2 aromatic carbocycles. The van der Waals surface area contributed by atoms with E-state index in [1.165, 1.54) is 17.0 Å². The minimum atomic E-state index is -0.386. The molecule has 2 aromatic rings. The first-order valence-corrected chi connectivity index (χ1v) is 7.10. The Labute approximate surface area is 125 Å². The molecule has 3 nitrogen and oxygen atoms in total. The van der Waals surface area contributed by atoms with Crippen molar-refractivity contribution in [3.63, 3.8) is 0 Å². The van der Waals surface area contributed by atoms with E-state index in [-0.39, 0.29) is 16.9 Å². The number of amidine groups is 1. The van der Waals surface area contributed by atoms with Crippen LogP contribution in [0.5, 0.6) is 0 Å². The SMILES string of the molecule is N=C1S/C(=C\c2ccccc2F)C(=O)N1c1ccccc1. The Kier molecular flexibility index (Phi) is 3.58. The smallest absolute Gasteiger partial charge is 0.271 e. The molecule has 1 saturated heterocycles. The zero-order valence-corrected chi connectivity index (χ0v) is 11.7. The minimum absolute atomic E-state index is 0.119. The maximum absolute atomic E-state index is 13.7. The van der Waals surface area contributed by atoms with Crippen LogP contribution in [-0.4, -0.2) is 11.1 Å². The third-order valence-corrected chi connectivity index (χ3v) is 3.92. The molecule has 104 valence electrons. The molecule has 1 heterocycles. The van der Waals surface area contributed by atoms with Gasteiger partial charge in [-0.2, -0.15) is 0 Å². The largest absolute Gasteiger partial charge is 0.278 e. The van der Waals surface area contributed by atoms with Crippen molar-refractivity contribution in [1.29, 1.82) is 5.41 Å². The summed E-state index contributed by atoms with van der Waals surface area (Å²) in [6, 6.07) is 15.2. The number of anilines is 1. The maximum atomic E-state index is 13.7. The van der Waals surface area contributed by atoms with Crippen LogP contribution in [0.1, 0.15) is 5.56 Å². The van der Waals surface area contributed by atoms with Gasteiger partial charge in [0.25, 0.3) is 5.91 Å². The van der Waals surface area contributed by atoms with Crippen molar-refractivity contribution in [2.75, 3.05) is 4.90 Å². The van der Waals surface area contributed by atoms with Gasteiger partial charge in [-0.25, -0.2) is 4.39 Å². The van der Waals surface area contributed by atoms with E-state index in [4.69, 9.17) is 5.41 Å². The molecule has 0 radical (unpaired) electrons. The maximum Gasteiger partial charge on any atom is 0.271 e. The van der Waals surface area contributed by atoms with Crippen LogP contribution in [0.2, 0.25) is 0 Å². The molecule has 1 aliphatic heterocycles. The van der Waals surface area contributed by atoms with E-state index in [2.05, 4.69) is 0 Å². The zero-order chi connectivity index (χ0) is 14.8. The van der Waals surface area contributed by atoms with Crippen LogP contribution in [0.3, 0.4) is 0 Å². The molecule has 0 atom stereocenters. The van der Waals surface area contributed by atoms with E-state index in [0.717, 1.165) is 11.8 Å². The first kappa shape index (κ1) is 13.6. The number of carbonyl (C=O) groups excluding carboxylic acids is 1. The Morgan fingerprint density at radius 2 is 1.71 bits per heavy atom. The Balaban J connectivity index is 1.96. The lowest BCUT2D eigenvalue weighted by Crippen LogP contribution is -2.27. The van der Waals surface area contributed by atoms with E-state index in [1.807, 2.05) is 6.07 Å². The van der Waals surface area contributed by atoms with Crippen LogP contribution in [0.25, 0.3) is 6.08 Å². The van der Waals surface area contributed by atoms with Gasteiger partial charge in [-0.1, -0.05) is 36.4 Å². The lowest BCUT2D eigenvalue weighted by atomic mass is 10.2. The number of nitrogens with one attached hydrogen (secondary N) is 1. The van der Waals surface area contributed by atoms with Crippen molar-refractivity contribution in [3.05, 3.63) is 70.9 Å². The summed E-state index contributed by atoms with van der Waals surface area (Å²) >= 11 is 1.03. The highest BCUT2D eigenvalue weighted by molar-refractivity contribution is 8.19. The van der Waals surface area contributed by atoms with Crippen LogP contribution in [0.15, 0.2) is 59.5 Å². The quantitative estimate of drug-likeness (QED) is 0.855. The fourth-order valence-electron chi connectivity index (χ4n) is 2.03. The van der Waals surface area contributed by atoms with Crippen LogP contribution in [-0.2, 0) is 4.79 Å². The van der Waals surface area contributed by atoms with Gasteiger partial charge < -0.3 is 0 Å². The van der Waals surface area contributed by atoms with Crippen LogP contribution in [0.4, 0.5) is 10.1 Å². The Morgan fingerprint density at radius 1 is 1.05 bits per heavy atom. The molecule has 1 fully saturated rings. The molecule has 1 amide bonds. The molecular formula is C16H11FN2OS. The second-order valence-electron chi connectivity index (χ2n) is 4.41. The second kappa shape index (κ2) is 5.54. The first-order chi connectivity index (χ1) is 10.2. The number of carbonyl (C=O) groups is 1. The molecule has 5 heteroatoms. The standard InChI is InChI=1S/C16H11FN2OS/c17-13-9-5-4-6-11(13)10-14-15(20)19(16(18)21-14)12-7-2-1-3-8-12/h1-10,18H/b14-10-,18-16?. The molecule has 1 aliphatic rings. The molecule has 0 bridgehead atoms. The Bertz CT molecular complexity index is 743. The van der Waals surface area contributed by atoms with Gasteiger partial charge in [0.2, 0.25) is 0 Å². The third-order valence-electron chi connectivity index (χ3n) is 3.03. The predicted octanol–water partition coefficient (Wildman–Crippen LogP) is 3.88. The third kappa shape index (κ3) is 2.60. The molecule has 3 rings (SSSR count). The summed E-state index contributed by atoms with van der Waals surface area (Å²) in [5, 5.41) is 8.08. The summed E-state index contributed by atoms with van der Waals surface area (Å²) < 4.78 is 13.7. The summed E-state index contributed by atoms with van der Waals surface area (Å²) in [5.74, 6) is -0.692. The number of benzene rings is 2. The van der Waals surface area contributed by atoms with Crippen molar-refractivity contribution >= 4 is 34.6 Å². The van der Waals surface area contributed by atoms with Crippen molar-refractivity contribution in [1.82, 2.24) is 0 Å². The van der Waals surface area contributed by atoms with Gasteiger partial charge in [0.15, 0.2) is 5.17 Å². The van der Waals surface area contributed by atoms with Crippen LogP contribution in [0, 0.1) is 11.2 Å². The van der Waals surface area contributed by atoms with E-state index in [1.54, 1.807) is 42.5 Å². The fraction of sp³-hybridized carbons (Fsp3) is 0. The van der Waals surface area contributed by atoms with Crippen molar-refractivity contribution in [2.45, 2.75) is 0 Å². The molecule has 21 heavy (non-hydrogen) atoms. The molecule has 0 unspecified atom stereocenters. The highest BCUT2D eigenvalue weighted by Crippen LogP contribution is 2.35. The van der Waals surface area contributed by atoms with Gasteiger partial charge in [-0.15, -0.1) is 0 Å². The van der Waals surface area contributed by atoms with Crippen molar-refractivity contribution < 1.29 is 9.18 Å². The monoisotopic (exact) mass is 298 g/mol. The highest BCUT2D eigenvalue weighted by Gasteiger charge is 2.33. The first-order valence-electron chi connectivity index (χ1n) is 6.29. The van der Waals surface area contributed by atoms with E-state index < -0.39 is 0 Å². The van der Waals surface area contributed by atoms with Gasteiger partial charge >= 0.3 is 0 Å². The van der Waals surface area contributed by atoms with Gasteiger partial charge in [-0.05, 0) is 36.0 Å². The molecule has 0 saturated carbocycles. The number of rotatable bonds is 2.